The van der Waals surface area contributed by atoms with Crippen LogP contribution in [-0.2, 0) is 25.8 Å². The summed E-state index contributed by atoms with van der Waals surface area (Å²) in [6.45, 7) is 4.60. The van der Waals surface area contributed by atoms with Gasteiger partial charge >= 0.3 is 25.8 Å². The SMILES string of the molecule is CCCCP(CCCC)c1cc2ccccc2[cH-]1.[Cl-].[Cl-].[Hf+4].c1ccc2[cH-]c(P(C3CCCCC3)C3CCCCC3)cc2c1. The molecule has 0 atom stereocenters. The Morgan fingerprint density at radius 1 is 0.605 bits per heavy atom. The second-order valence-electron chi connectivity index (χ2n) is 12.4. The van der Waals surface area contributed by atoms with Gasteiger partial charge in [0.1, 0.15) is 0 Å². The minimum atomic E-state index is 0. The molecule has 0 aromatic heterocycles. The van der Waals surface area contributed by atoms with Crippen molar-refractivity contribution in [1.82, 2.24) is 0 Å². The monoisotopic (exact) mass is 820 g/mol. The van der Waals surface area contributed by atoms with E-state index in [0.29, 0.717) is 0 Å². The van der Waals surface area contributed by atoms with E-state index in [4.69, 9.17) is 0 Å². The predicted molar refractivity (Wildman–Crippen MR) is 185 cm³/mol. The van der Waals surface area contributed by atoms with Crippen LogP contribution in [0.15, 0.2) is 72.8 Å². The van der Waals surface area contributed by atoms with Crippen molar-refractivity contribution in [3.63, 3.8) is 0 Å². The Bertz CT molecular complexity index is 1190. The summed E-state index contributed by atoms with van der Waals surface area (Å²) in [5, 5.41) is 9.15. The van der Waals surface area contributed by atoms with Crippen molar-refractivity contribution in [3.8, 4) is 0 Å². The zero-order valence-electron chi connectivity index (χ0n) is 26.5. The van der Waals surface area contributed by atoms with E-state index in [-0.39, 0.29) is 66.5 Å². The fourth-order valence-corrected chi connectivity index (χ4v) is 13.7. The number of unbranched alkanes of at least 4 members (excludes halogenated alkanes) is 2. The summed E-state index contributed by atoms with van der Waals surface area (Å²) in [7, 11) is 0.147. The molecule has 0 unspecified atom stereocenters. The van der Waals surface area contributed by atoms with Gasteiger partial charge in [-0.1, -0.05) is 93.2 Å². The van der Waals surface area contributed by atoms with E-state index in [1.807, 2.05) is 0 Å². The molecule has 232 valence electrons. The van der Waals surface area contributed by atoms with E-state index in [1.54, 1.807) is 10.6 Å². The number of benzene rings is 2. The zero-order valence-corrected chi connectivity index (χ0v) is 33.4. The van der Waals surface area contributed by atoms with Gasteiger partial charge in [0.05, 0.1) is 0 Å². The number of rotatable bonds is 10. The van der Waals surface area contributed by atoms with E-state index >= 15 is 0 Å². The van der Waals surface area contributed by atoms with Crippen LogP contribution in [0, 0.1) is 0 Å². The van der Waals surface area contributed by atoms with Crippen LogP contribution in [0.5, 0.6) is 0 Å². The van der Waals surface area contributed by atoms with Crippen molar-refractivity contribution in [2.45, 2.75) is 115 Å². The first-order valence-corrected chi connectivity index (χ1v) is 19.8. The van der Waals surface area contributed by atoms with Gasteiger partial charge < -0.3 is 24.8 Å². The fraction of sp³-hybridized carbons (Fsp3) is 0.526. The van der Waals surface area contributed by atoms with Gasteiger partial charge in [0, 0.05) is 0 Å². The smallest absolute Gasteiger partial charge is 1.00 e. The normalized spacial score (nSPS) is 15.9. The van der Waals surface area contributed by atoms with Crippen molar-refractivity contribution < 1.29 is 50.7 Å². The minimum Gasteiger partial charge on any atom is -1.00 e. The Morgan fingerprint density at radius 3 is 1.47 bits per heavy atom. The number of fused-ring (bicyclic) bond motifs is 2. The Balaban J connectivity index is 0.000000286. The van der Waals surface area contributed by atoms with E-state index in [9.17, 15) is 0 Å². The largest absolute Gasteiger partial charge is 4.00 e. The van der Waals surface area contributed by atoms with Gasteiger partial charge in [-0.15, -0.1) is 80.7 Å². The maximum Gasteiger partial charge on any atom is 4.00 e. The summed E-state index contributed by atoms with van der Waals surface area (Å²) < 4.78 is 0. The van der Waals surface area contributed by atoms with Crippen LogP contribution >= 0.6 is 15.8 Å². The van der Waals surface area contributed by atoms with Crippen molar-refractivity contribution in [3.05, 3.63) is 72.8 Å². The number of hydrogen-bond acceptors (Lipinski definition) is 0. The Labute approximate surface area is 296 Å². The molecule has 2 aliphatic rings. The third-order valence-corrected chi connectivity index (χ3v) is 15.5. The van der Waals surface area contributed by atoms with E-state index < -0.39 is 0 Å². The van der Waals surface area contributed by atoms with Crippen molar-refractivity contribution in [1.29, 1.82) is 0 Å². The van der Waals surface area contributed by atoms with Gasteiger partial charge in [0.25, 0.3) is 0 Å². The van der Waals surface area contributed by atoms with E-state index in [0.717, 1.165) is 11.3 Å². The van der Waals surface area contributed by atoms with Crippen molar-refractivity contribution in [2.24, 2.45) is 0 Å². The first kappa shape index (κ1) is 39.2. The van der Waals surface area contributed by atoms with Crippen LogP contribution in [0.25, 0.3) is 21.5 Å². The fourth-order valence-electron chi connectivity index (χ4n) is 7.11. The second-order valence-corrected chi connectivity index (χ2v) is 17.7. The molecule has 4 aromatic carbocycles. The van der Waals surface area contributed by atoms with Crippen LogP contribution in [-0.4, -0.2) is 23.6 Å². The van der Waals surface area contributed by atoms with E-state index in [2.05, 4.69) is 86.6 Å². The molecule has 0 nitrogen and oxygen atoms in total. The molecular formula is C38H52Cl2HfP2. The maximum atomic E-state index is 2.55. The Morgan fingerprint density at radius 2 is 1.02 bits per heavy atom. The van der Waals surface area contributed by atoms with Gasteiger partial charge in [-0.3, -0.25) is 0 Å². The molecule has 2 fully saturated rings. The molecule has 4 aromatic rings. The summed E-state index contributed by atoms with van der Waals surface area (Å²) in [5.41, 5.74) is 2.03. The minimum absolute atomic E-state index is 0. The van der Waals surface area contributed by atoms with E-state index in [1.165, 1.54) is 124 Å². The average molecular weight is 820 g/mol. The first-order valence-electron chi connectivity index (χ1n) is 16.6. The van der Waals surface area contributed by atoms with Gasteiger partial charge in [-0.05, 0) is 62.2 Å². The van der Waals surface area contributed by atoms with Crippen LogP contribution in [0.2, 0.25) is 0 Å². The second kappa shape index (κ2) is 21.0. The molecule has 0 aliphatic heterocycles. The zero-order chi connectivity index (χ0) is 27.6. The average Bonchev–Trinajstić information content (AvgIpc) is 3.63. The summed E-state index contributed by atoms with van der Waals surface area (Å²) in [6.07, 6.45) is 23.2. The van der Waals surface area contributed by atoms with Gasteiger partial charge in [-0.25, -0.2) is 0 Å². The van der Waals surface area contributed by atoms with Gasteiger partial charge in [0.2, 0.25) is 0 Å². The molecule has 2 saturated carbocycles. The molecule has 2 aliphatic carbocycles. The molecular weight excluding hydrogens is 768 g/mol. The summed E-state index contributed by atoms with van der Waals surface area (Å²) in [4.78, 5) is 0. The molecule has 0 radical (unpaired) electrons. The summed E-state index contributed by atoms with van der Waals surface area (Å²) >= 11 is 0. The molecule has 43 heavy (non-hydrogen) atoms. The molecule has 0 N–H and O–H groups in total. The summed E-state index contributed by atoms with van der Waals surface area (Å²) in [6, 6.07) is 27.7. The van der Waals surface area contributed by atoms with Crippen LogP contribution in [0.4, 0.5) is 0 Å². The Hall–Kier alpha value is -0.0299. The predicted octanol–water partition coefficient (Wildman–Crippen LogP) is 5.60. The molecule has 0 saturated heterocycles. The van der Waals surface area contributed by atoms with Crippen molar-refractivity contribution in [2.75, 3.05) is 12.3 Å². The third-order valence-electron chi connectivity index (χ3n) is 9.37. The van der Waals surface area contributed by atoms with Gasteiger partial charge in [0.15, 0.2) is 0 Å². The molecule has 5 heteroatoms. The summed E-state index contributed by atoms with van der Waals surface area (Å²) in [5.74, 6) is 0. The number of hydrogen-bond donors (Lipinski definition) is 0. The molecule has 0 amide bonds. The number of halogens is 2. The molecule has 6 rings (SSSR count). The van der Waals surface area contributed by atoms with Crippen molar-refractivity contribution >= 4 is 48.0 Å². The Kier molecular flexibility index (Phi) is 19.1. The quantitative estimate of drug-likeness (QED) is 0.111. The topological polar surface area (TPSA) is 0 Å². The maximum absolute atomic E-state index is 2.55. The van der Waals surface area contributed by atoms with Crippen LogP contribution < -0.4 is 35.4 Å². The third kappa shape index (κ3) is 11.0. The van der Waals surface area contributed by atoms with Gasteiger partial charge in [-0.2, -0.15) is 12.1 Å². The first-order chi connectivity index (χ1) is 19.8. The van der Waals surface area contributed by atoms with Crippen LogP contribution in [0.3, 0.4) is 0 Å². The molecule has 0 heterocycles. The molecule has 0 spiro atoms. The standard InChI is InChI=1S/C21H28P.C17H24P.2ClH.Hf/c1-3-11-19(12-4-1)22(20-13-5-2-6-14-20)21-15-17-9-7-8-10-18(17)16-21;1-3-5-11-18(12-6-4-2)17-13-15-9-7-8-10-16(15)14-17;;;/h7-10,15-16,19-20H,1-6,11-14H2;7-10,13-14H,3-6,11-12H2,1-2H3;2*1H;/q2*-1;;;+4/p-2. The van der Waals surface area contributed by atoms with Crippen LogP contribution in [0.1, 0.15) is 104 Å². The molecule has 0 bridgehead atoms.